The maximum atomic E-state index is 2.33. The van der Waals surface area contributed by atoms with Crippen molar-refractivity contribution >= 4 is 57.0 Å². The Bertz CT molecular complexity index is 2170. The Morgan fingerprint density at radius 1 is 0.388 bits per heavy atom. The van der Waals surface area contributed by atoms with Crippen molar-refractivity contribution in [1.82, 2.24) is 0 Å². The van der Waals surface area contributed by atoms with Gasteiger partial charge < -0.3 is 9.80 Å². The summed E-state index contributed by atoms with van der Waals surface area (Å²) in [6.45, 7) is 8.90. The highest BCUT2D eigenvalue weighted by molar-refractivity contribution is 5.89. The Labute approximate surface area is 291 Å². The largest absolute Gasteiger partial charge is 0.311 e. The molecule has 7 rings (SSSR count). The Morgan fingerprint density at radius 2 is 0.796 bits per heavy atom. The first kappa shape index (κ1) is 31.7. The van der Waals surface area contributed by atoms with Crippen LogP contribution in [0.3, 0.4) is 0 Å². The van der Waals surface area contributed by atoms with Gasteiger partial charge in [-0.05, 0) is 113 Å². The molecule has 0 bridgehead atoms. The number of anilines is 6. The Kier molecular flexibility index (Phi) is 8.87. The standard InChI is InChI=1S/C47H42N2/c1-35-14-25-42(26-15-35)48(45-32-23-40(24-33-45)47(2,3)4)43-27-18-36(19-28-43)16-17-37-20-29-44(30-21-37)49(41-12-6-5-7-13-41)46-31-22-38-10-8-9-11-39(38)34-46/h5-34H,1-4H3/b17-16+. The van der Waals surface area contributed by atoms with E-state index in [1.54, 1.807) is 0 Å². The van der Waals surface area contributed by atoms with Crippen LogP contribution >= 0.6 is 0 Å². The highest BCUT2D eigenvalue weighted by Gasteiger charge is 2.17. The molecule has 0 fully saturated rings. The summed E-state index contributed by atoms with van der Waals surface area (Å²) in [6.07, 6.45) is 4.37. The normalized spacial score (nSPS) is 11.6. The van der Waals surface area contributed by atoms with Gasteiger partial charge in [0, 0.05) is 34.1 Å². The number of rotatable bonds is 8. The van der Waals surface area contributed by atoms with Crippen LogP contribution in [0.4, 0.5) is 34.1 Å². The number of fused-ring (bicyclic) bond motifs is 1. The average molecular weight is 635 g/mol. The number of hydrogen-bond acceptors (Lipinski definition) is 2. The zero-order valence-electron chi connectivity index (χ0n) is 28.7. The minimum absolute atomic E-state index is 0.111. The van der Waals surface area contributed by atoms with Crippen LogP contribution in [0.25, 0.3) is 22.9 Å². The fourth-order valence-electron chi connectivity index (χ4n) is 6.25. The van der Waals surface area contributed by atoms with E-state index in [0.717, 1.165) is 45.3 Å². The Hall–Kier alpha value is -5.86. The topological polar surface area (TPSA) is 6.48 Å². The maximum Gasteiger partial charge on any atom is 0.0468 e. The molecule has 0 aliphatic heterocycles. The molecule has 49 heavy (non-hydrogen) atoms. The van der Waals surface area contributed by atoms with E-state index in [1.165, 1.54) is 21.9 Å². The summed E-state index contributed by atoms with van der Waals surface area (Å²) in [5.74, 6) is 0. The monoisotopic (exact) mass is 634 g/mol. The van der Waals surface area contributed by atoms with Crippen LogP contribution in [0.2, 0.25) is 0 Å². The van der Waals surface area contributed by atoms with Gasteiger partial charge in [-0.3, -0.25) is 0 Å². The summed E-state index contributed by atoms with van der Waals surface area (Å²) in [5.41, 5.74) is 11.8. The number of hydrogen-bond donors (Lipinski definition) is 0. The van der Waals surface area contributed by atoms with E-state index in [2.05, 4.69) is 220 Å². The third-order valence-corrected chi connectivity index (χ3v) is 9.06. The van der Waals surface area contributed by atoms with Crippen LogP contribution in [0.15, 0.2) is 170 Å². The Morgan fingerprint density at radius 3 is 1.33 bits per heavy atom. The van der Waals surface area contributed by atoms with Crippen LogP contribution in [-0.4, -0.2) is 0 Å². The van der Waals surface area contributed by atoms with Gasteiger partial charge in [-0.1, -0.05) is 136 Å². The molecule has 0 heterocycles. The molecule has 0 saturated carbocycles. The molecule has 0 spiro atoms. The van der Waals surface area contributed by atoms with E-state index in [1.807, 2.05) is 0 Å². The molecule has 0 aliphatic rings. The molecule has 2 heteroatoms. The van der Waals surface area contributed by atoms with Crippen LogP contribution < -0.4 is 9.80 Å². The zero-order valence-corrected chi connectivity index (χ0v) is 28.7. The molecular weight excluding hydrogens is 593 g/mol. The minimum atomic E-state index is 0.111. The molecule has 0 aromatic heterocycles. The lowest BCUT2D eigenvalue weighted by atomic mass is 9.87. The molecule has 0 amide bonds. The fourth-order valence-corrected chi connectivity index (χ4v) is 6.25. The minimum Gasteiger partial charge on any atom is -0.311 e. The average Bonchev–Trinajstić information content (AvgIpc) is 3.13. The second-order valence-corrected chi connectivity index (χ2v) is 13.7. The van der Waals surface area contributed by atoms with Gasteiger partial charge in [-0.25, -0.2) is 0 Å². The van der Waals surface area contributed by atoms with Gasteiger partial charge in [-0.15, -0.1) is 0 Å². The molecule has 0 radical (unpaired) electrons. The molecule has 0 N–H and O–H groups in total. The number of nitrogens with zero attached hydrogens (tertiary/aromatic N) is 2. The van der Waals surface area contributed by atoms with Crippen molar-refractivity contribution in [2.45, 2.75) is 33.1 Å². The highest BCUT2D eigenvalue weighted by atomic mass is 15.1. The molecule has 0 saturated heterocycles. The Balaban J connectivity index is 1.13. The first-order chi connectivity index (χ1) is 23.8. The summed E-state index contributed by atoms with van der Waals surface area (Å²) < 4.78 is 0. The summed E-state index contributed by atoms with van der Waals surface area (Å²) in [4.78, 5) is 4.64. The highest BCUT2D eigenvalue weighted by Crippen LogP contribution is 2.38. The van der Waals surface area contributed by atoms with Crippen molar-refractivity contribution in [3.63, 3.8) is 0 Å². The summed E-state index contributed by atoms with van der Waals surface area (Å²) in [5, 5.41) is 2.47. The summed E-state index contributed by atoms with van der Waals surface area (Å²) >= 11 is 0. The number of para-hydroxylation sites is 1. The van der Waals surface area contributed by atoms with Gasteiger partial charge >= 0.3 is 0 Å². The predicted molar refractivity (Wildman–Crippen MR) is 212 cm³/mol. The first-order valence-corrected chi connectivity index (χ1v) is 17.0. The van der Waals surface area contributed by atoms with Crippen molar-refractivity contribution in [3.05, 3.63) is 192 Å². The van der Waals surface area contributed by atoms with Crippen molar-refractivity contribution in [2.75, 3.05) is 9.80 Å². The van der Waals surface area contributed by atoms with Crippen molar-refractivity contribution in [1.29, 1.82) is 0 Å². The first-order valence-electron chi connectivity index (χ1n) is 17.0. The molecule has 7 aromatic rings. The van der Waals surface area contributed by atoms with Gasteiger partial charge in [-0.2, -0.15) is 0 Å². The lowest BCUT2D eigenvalue weighted by Gasteiger charge is -2.27. The number of benzene rings is 7. The van der Waals surface area contributed by atoms with Gasteiger partial charge in [0.2, 0.25) is 0 Å². The second-order valence-electron chi connectivity index (χ2n) is 13.7. The smallest absolute Gasteiger partial charge is 0.0468 e. The molecule has 0 atom stereocenters. The van der Waals surface area contributed by atoms with Crippen molar-refractivity contribution in [3.8, 4) is 0 Å². The predicted octanol–water partition coefficient (Wildman–Crippen LogP) is 13.6. The van der Waals surface area contributed by atoms with E-state index < -0.39 is 0 Å². The van der Waals surface area contributed by atoms with Crippen LogP contribution in [0.5, 0.6) is 0 Å². The van der Waals surface area contributed by atoms with Crippen LogP contribution in [0.1, 0.15) is 43.0 Å². The van der Waals surface area contributed by atoms with Crippen LogP contribution in [0, 0.1) is 6.92 Å². The lowest BCUT2D eigenvalue weighted by Crippen LogP contribution is -2.13. The number of aryl methyl sites for hydroxylation is 1. The lowest BCUT2D eigenvalue weighted by molar-refractivity contribution is 0.590. The van der Waals surface area contributed by atoms with Gasteiger partial charge in [0.15, 0.2) is 0 Å². The summed E-state index contributed by atoms with van der Waals surface area (Å²) in [7, 11) is 0. The fraction of sp³-hybridized carbons (Fsp3) is 0.106. The van der Waals surface area contributed by atoms with E-state index >= 15 is 0 Å². The van der Waals surface area contributed by atoms with Gasteiger partial charge in [0.25, 0.3) is 0 Å². The molecule has 0 aliphatic carbocycles. The SMILES string of the molecule is Cc1ccc(N(c2ccc(/C=C/c3ccc(N(c4ccccc4)c4ccc5ccccc5c4)cc3)cc2)c2ccc(C(C)(C)C)cc2)cc1. The maximum absolute atomic E-state index is 2.33. The molecular formula is C47H42N2. The van der Waals surface area contributed by atoms with E-state index in [0.29, 0.717) is 0 Å². The molecule has 7 aromatic carbocycles. The van der Waals surface area contributed by atoms with E-state index in [-0.39, 0.29) is 5.41 Å². The molecule has 240 valence electrons. The molecule has 2 nitrogen and oxygen atoms in total. The van der Waals surface area contributed by atoms with E-state index in [9.17, 15) is 0 Å². The van der Waals surface area contributed by atoms with Crippen LogP contribution in [-0.2, 0) is 5.41 Å². The van der Waals surface area contributed by atoms with Gasteiger partial charge in [0.1, 0.15) is 0 Å². The van der Waals surface area contributed by atoms with Crippen molar-refractivity contribution < 1.29 is 0 Å². The van der Waals surface area contributed by atoms with E-state index in [4.69, 9.17) is 0 Å². The second kappa shape index (κ2) is 13.7. The summed E-state index contributed by atoms with van der Waals surface area (Å²) in [6, 6.07) is 61.1. The third-order valence-electron chi connectivity index (χ3n) is 9.06. The third kappa shape index (κ3) is 7.20. The van der Waals surface area contributed by atoms with Gasteiger partial charge in [0.05, 0.1) is 0 Å². The zero-order chi connectivity index (χ0) is 33.8. The quantitative estimate of drug-likeness (QED) is 0.153. The van der Waals surface area contributed by atoms with Crippen molar-refractivity contribution in [2.24, 2.45) is 0 Å². The molecule has 0 unspecified atom stereocenters.